The molecule has 0 saturated heterocycles. The number of hydrogen-bond acceptors (Lipinski definition) is 2. The van der Waals surface area contributed by atoms with Gasteiger partial charge in [-0.2, -0.15) is 0 Å². The maximum Gasteiger partial charge on any atom is 0.268 e. The zero-order valence-corrected chi connectivity index (χ0v) is 12.7. The fraction of sp³-hybridized carbons (Fsp3) is 0.312. The van der Waals surface area contributed by atoms with E-state index in [0.29, 0.717) is 17.3 Å². The normalized spacial score (nSPS) is 16.8. The minimum Gasteiger partial charge on any atom is -0.399 e. The van der Waals surface area contributed by atoms with Gasteiger partial charge >= 0.3 is 0 Å². The molecule has 1 amide bonds. The van der Waals surface area contributed by atoms with E-state index < -0.39 is 0 Å². The van der Waals surface area contributed by atoms with E-state index in [1.54, 1.807) is 12.3 Å². The lowest BCUT2D eigenvalue weighted by Gasteiger charge is -2.15. The van der Waals surface area contributed by atoms with Crippen LogP contribution >= 0.6 is 11.6 Å². The quantitative estimate of drug-likeness (QED) is 0.856. The minimum absolute atomic E-state index is 0.0482. The van der Waals surface area contributed by atoms with Gasteiger partial charge in [0.05, 0.1) is 11.1 Å². The Kier molecular flexibility index (Phi) is 3.64. The van der Waals surface area contributed by atoms with Gasteiger partial charge in [-0.05, 0) is 49.1 Å². The SMILES string of the molecule is CCn1cc(Cl)cc1C(=O)NC1CCc2cc(N)ccc21. The Balaban J connectivity index is 1.81. The molecule has 4 nitrogen and oxygen atoms in total. The largest absolute Gasteiger partial charge is 0.399 e. The van der Waals surface area contributed by atoms with Gasteiger partial charge in [-0.15, -0.1) is 0 Å². The lowest BCUT2D eigenvalue weighted by molar-refractivity contribution is 0.0927. The van der Waals surface area contributed by atoms with Crippen LogP contribution in [0.3, 0.4) is 0 Å². The third-order valence-electron chi connectivity index (χ3n) is 3.99. The first-order valence-corrected chi connectivity index (χ1v) is 7.51. The lowest BCUT2D eigenvalue weighted by Crippen LogP contribution is -2.28. The number of hydrogen-bond donors (Lipinski definition) is 2. The molecule has 0 saturated carbocycles. The highest BCUT2D eigenvalue weighted by Crippen LogP contribution is 2.32. The second-order valence-electron chi connectivity index (χ2n) is 5.35. The van der Waals surface area contributed by atoms with E-state index >= 15 is 0 Å². The van der Waals surface area contributed by atoms with Crippen molar-refractivity contribution in [1.82, 2.24) is 9.88 Å². The summed E-state index contributed by atoms with van der Waals surface area (Å²) in [7, 11) is 0. The molecule has 0 fully saturated rings. The van der Waals surface area contributed by atoms with Gasteiger partial charge in [-0.1, -0.05) is 17.7 Å². The fourth-order valence-electron chi connectivity index (χ4n) is 2.95. The third-order valence-corrected chi connectivity index (χ3v) is 4.19. The predicted octanol–water partition coefficient (Wildman–Crippen LogP) is 3.16. The molecular weight excluding hydrogens is 286 g/mol. The molecule has 3 rings (SSSR count). The van der Waals surface area contributed by atoms with Crippen molar-refractivity contribution in [1.29, 1.82) is 0 Å². The molecule has 1 unspecified atom stereocenters. The predicted molar refractivity (Wildman–Crippen MR) is 84.5 cm³/mol. The Bertz CT molecular complexity index is 693. The summed E-state index contributed by atoms with van der Waals surface area (Å²) in [5.74, 6) is -0.0848. The van der Waals surface area contributed by atoms with Gasteiger partial charge in [0.2, 0.25) is 0 Å². The third kappa shape index (κ3) is 2.63. The summed E-state index contributed by atoms with van der Waals surface area (Å²) < 4.78 is 1.86. The van der Waals surface area contributed by atoms with Gasteiger partial charge in [0.1, 0.15) is 5.69 Å². The van der Waals surface area contributed by atoms with Gasteiger partial charge in [0.25, 0.3) is 5.91 Å². The highest BCUT2D eigenvalue weighted by molar-refractivity contribution is 6.31. The number of rotatable bonds is 3. The van der Waals surface area contributed by atoms with E-state index in [9.17, 15) is 4.79 Å². The summed E-state index contributed by atoms with van der Waals surface area (Å²) in [5, 5.41) is 3.68. The zero-order valence-electron chi connectivity index (χ0n) is 11.9. The highest BCUT2D eigenvalue weighted by atomic mass is 35.5. The molecule has 110 valence electrons. The van der Waals surface area contributed by atoms with E-state index in [0.717, 1.165) is 18.5 Å². The van der Waals surface area contributed by atoms with Crippen LogP contribution in [-0.4, -0.2) is 10.5 Å². The van der Waals surface area contributed by atoms with Crippen molar-refractivity contribution in [2.24, 2.45) is 0 Å². The van der Waals surface area contributed by atoms with Gasteiger partial charge in [0.15, 0.2) is 0 Å². The van der Waals surface area contributed by atoms with E-state index in [4.69, 9.17) is 17.3 Å². The number of aryl methyl sites for hydroxylation is 2. The van der Waals surface area contributed by atoms with Gasteiger partial charge in [0, 0.05) is 18.4 Å². The summed E-state index contributed by atoms with van der Waals surface area (Å²) in [6.45, 7) is 2.70. The lowest BCUT2D eigenvalue weighted by atomic mass is 10.1. The minimum atomic E-state index is -0.0848. The Morgan fingerprint density at radius 2 is 2.29 bits per heavy atom. The van der Waals surface area contributed by atoms with Gasteiger partial charge in [-0.25, -0.2) is 0 Å². The average Bonchev–Trinajstić information content (AvgIpc) is 3.02. The molecule has 0 aliphatic heterocycles. The standard InChI is InChI=1S/C16H18ClN3O/c1-2-20-9-11(17)8-15(20)16(21)19-14-6-3-10-7-12(18)4-5-13(10)14/h4-5,7-9,14H,2-3,6,18H2,1H3,(H,19,21). The summed E-state index contributed by atoms with van der Waals surface area (Å²) in [5.41, 5.74) is 9.57. The van der Waals surface area contributed by atoms with Gasteiger partial charge < -0.3 is 15.6 Å². The summed E-state index contributed by atoms with van der Waals surface area (Å²) >= 11 is 5.99. The molecule has 21 heavy (non-hydrogen) atoms. The number of fused-ring (bicyclic) bond motifs is 1. The number of amides is 1. The van der Waals surface area contributed by atoms with E-state index in [1.807, 2.05) is 29.7 Å². The van der Waals surface area contributed by atoms with Crippen molar-refractivity contribution in [3.63, 3.8) is 0 Å². The molecule has 1 aliphatic rings. The molecule has 1 heterocycles. The van der Waals surface area contributed by atoms with Crippen LogP contribution in [0.4, 0.5) is 5.69 Å². The number of carbonyl (C=O) groups excluding carboxylic acids is 1. The number of carbonyl (C=O) groups is 1. The molecule has 0 spiro atoms. The average molecular weight is 304 g/mol. The molecule has 2 aromatic rings. The van der Waals surface area contributed by atoms with Crippen LogP contribution in [0, 0.1) is 0 Å². The molecular formula is C16H18ClN3O. The van der Waals surface area contributed by atoms with Crippen molar-refractivity contribution in [3.05, 3.63) is 52.3 Å². The summed E-state index contributed by atoms with van der Waals surface area (Å²) in [6, 6.07) is 7.64. The number of nitrogens with two attached hydrogens (primary N) is 1. The van der Waals surface area contributed by atoms with Crippen molar-refractivity contribution in [2.45, 2.75) is 32.4 Å². The van der Waals surface area contributed by atoms with Crippen molar-refractivity contribution >= 4 is 23.2 Å². The van der Waals surface area contributed by atoms with Crippen molar-refractivity contribution in [2.75, 3.05) is 5.73 Å². The number of halogens is 1. The van der Waals surface area contributed by atoms with E-state index in [-0.39, 0.29) is 11.9 Å². The van der Waals surface area contributed by atoms with Crippen molar-refractivity contribution < 1.29 is 4.79 Å². The molecule has 3 N–H and O–H groups in total. The molecule has 1 atom stereocenters. The first kappa shape index (κ1) is 14.0. The Labute approximate surface area is 128 Å². The number of benzene rings is 1. The maximum absolute atomic E-state index is 12.5. The molecule has 1 aromatic heterocycles. The second kappa shape index (κ2) is 5.45. The Hall–Kier alpha value is -1.94. The number of nitrogens with zero attached hydrogens (tertiary/aromatic N) is 1. The number of aromatic nitrogens is 1. The van der Waals surface area contributed by atoms with Crippen LogP contribution in [0.25, 0.3) is 0 Å². The van der Waals surface area contributed by atoms with Crippen LogP contribution in [-0.2, 0) is 13.0 Å². The Morgan fingerprint density at radius 1 is 1.48 bits per heavy atom. The van der Waals surface area contributed by atoms with Crippen LogP contribution in [0.2, 0.25) is 5.02 Å². The Morgan fingerprint density at radius 3 is 3.05 bits per heavy atom. The highest BCUT2D eigenvalue weighted by Gasteiger charge is 2.25. The summed E-state index contributed by atoms with van der Waals surface area (Å²) in [4.78, 5) is 12.5. The van der Waals surface area contributed by atoms with Crippen molar-refractivity contribution in [3.8, 4) is 0 Å². The summed E-state index contributed by atoms with van der Waals surface area (Å²) in [6.07, 6.45) is 3.63. The molecule has 0 radical (unpaired) electrons. The number of nitrogens with one attached hydrogen (secondary N) is 1. The molecule has 1 aromatic carbocycles. The maximum atomic E-state index is 12.5. The van der Waals surface area contributed by atoms with Crippen LogP contribution in [0.5, 0.6) is 0 Å². The smallest absolute Gasteiger partial charge is 0.268 e. The van der Waals surface area contributed by atoms with Crippen LogP contribution < -0.4 is 11.1 Å². The zero-order chi connectivity index (χ0) is 15.0. The molecule has 0 bridgehead atoms. The molecule has 1 aliphatic carbocycles. The first-order chi connectivity index (χ1) is 10.1. The first-order valence-electron chi connectivity index (χ1n) is 7.13. The fourth-order valence-corrected chi connectivity index (χ4v) is 3.17. The van der Waals surface area contributed by atoms with E-state index in [2.05, 4.69) is 5.32 Å². The monoisotopic (exact) mass is 303 g/mol. The second-order valence-corrected chi connectivity index (χ2v) is 5.79. The van der Waals surface area contributed by atoms with E-state index in [1.165, 1.54) is 11.1 Å². The van der Waals surface area contributed by atoms with Crippen LogP contribution in [0.1, 0.15) is 41.0 Å². The molecule has 5 heteroatoms. The van der Waals surface area contributed by atoms with Gasteiger partial charge in [-0.3, -0.25) is 4.79 Å². The number of anilines is 1. The topological polar surface area (TPSA) is 60.0 Å². The van der Waals surface area contributed by atoms with Crippen LogP contribution in [0.15, 0.2) is 30.5 Å². The number of nitrogen functional groups attached to an aromatic ring is 1.